The first-order valence-corrected chi connectivity index (χ1v) is 18.2. The molecule has 0 aromatic rings. The summed E-state index contributed by atoms with van der Waals surface area (Å²) >= 11 is 0. The average molecular weight is 731 g/mol. The van der Waals surface area contributed by atoms with Crippen molar-refractivity contribution in [1.82, 2.24) is 26.6 Å². The highest BCUT2D eigenvalue weighted by Crippen LogP contribution is 2.12. The Bertz CT molecular complexity index is 1050. The molecule has 0 rings (SSSR count). The lowest BCUT2D eigenvalue weighted by atomic mass is 9.97. The molecule has 51 heavy (non-hydrogen) atoms. The minimum atomic E-state index is -1.24. The molecule has 0 heterocycles. The Balaban J connectivity index is 6.22. The van der Waals surface area contributed by atoms with Crippen LogP contribution in [0.3, 0.4) is 0 Å². The van der Waals surface area contributed by atoms with E-state index in [4.69, 9.17) is 28.7 Å². The third-order valence-electron chi connectivity index (χ3n) is 8.63. The minimum absolute atomic E-state index is 0.159. The number of nitrogens with one attached hydrogen (secondary N) is 5. The van der Waals surface area contributed by atoms with E-state index >= 15 is 0 Å². The van der Waals surface area contributed by atoms with E-state index in [0.717, 1.165) is 0 Å². The van der Waals surface area contributed by atoms with Crippen LogP contribution in [0.4, 0.5) is 0 Å². The van der Waals surface area contributed by atoms with Crippen molar-refractivity contribution in [1.29, 1.82) is 0 Å². The Kier molecular flexibility index (Phi) is 26.3. The van der Waals surface area contributed by atoms with Gasteiger partial charge < -0.3 is 65.5 Å². The smallest absolute Gasteiger partial charge is 0.326 e. The van der Waals surface area contributed by atoms with Gasteiger partial charge in [0.1, 0.15) is 36.3 Å². The molecule has 0 aromatic heterocycles. The second kappa shape index (κ2) is 28.2. The van der Waals surface area contributed by atoms with Crippen molar-refractivity contribution in [2.75, 3.05) is 32.8 Å². The third-order valence-corrected chi connectivity index (χ3v) is 8.63. The van der Waals surface area contributed by atoms with Gasteiger partial charge >= 0.3 is 5.97 Å². The van der Waals surface area contributed by atoms with Gasteiger partial charge in [-0.25, -0.2) is 4.79 Å². The van der Waals surface area contributed by atoms with Crippen molar-refractivity contribution < 1.29 is 39.0 Å². The zero-order valence-electron chi connectivity index (χ0n) is 30.5. The molecule has 0 saturated carbocycles. The van der Waals surface area contributed by atoms with Crippen molar-refractivity contribution in [2.45, 2.75) is 134 Å². The molecule has 18 nitrogen and oxygen atoms in total. The number of amides is 5. The Morgan fingerprint density at radius 3 is 1.18 bits per heavy atom. The van der Waals surface area contributed by atoms with Crippen LogP contribution in [0.15, 0.2) is 0 Å². The highest BCUT2D eigenvalue weighted by Gasteiger charge is 2.33. The van der Waals surface area contributed by atoms with Gasteiger partial charge in [0.2, 0.25) is 29.5 Å². The van der Waals surface area contributed by atoms with Gasteiger partial charge in [-0.15, -0.1) is 0 Å². The summed E-state index contributed by atoms with van der Waals surface area (Å²) in [5, 5.41) is 32.2. The van der Waals surface area contributed by atoms with E-state index in [9.17, 15) is 39.0 Å². The first-order chi connectivity index (χ1) is 24.3. The van der Waals surface area contributed by atoms with Crippen LogP contribution >= 0.6 is 0 Å². The van der Waals surface area contributed by atoms with Gasteiger partial charge in [0.15, 0.2) is 0 Å². The summed E-state index contributed by atoms with van der Waals surface area (Å²) in [6.45, 7) is 4.36. The zero-order valence-corrected chi connectivity index (χ0v) is 30.5. The van der Waals surface area contributed by atoms with E-state index in [0.29, 0.717) is 84.0 Å². The van der Waals surface area contributed by atoms with E-state index in [1.807, 2.05) is 6.92 Å². The number of carbonyl (C=O) groups excluding carboxylic acids is 5. The summed E-state index contributed by atoms with van der Waals surface area (Å²) in [6, 6.07) is -6.84. The van der Waals surface area contributed by atoms with Crippen molar-refractivity contribution in [3.63, 3.8) is 0 Å². The Morgan fingerprint density at radius 1 is 0.529 bits per heavy atom. The van der Waals surface area contributed by atoms with Crippen molar-refractivity contribution in [3.8, 4) is 0 Å². The highest BCUT2D eigenvalue weighted by molar-refractivity contribution is 5.96. The number of hydrogen-bond donors (Lipinski definition) is 12. The van der Waals surface area contributed by atoms with Crippen LogP contribution in [0.2, 0.25) is 0 Å². The van der Waals surface area contributed by atoms with Gasteiger partial charge in [-0.1, -0.05) is 20.3 Å². The maximum atomic E-state index is 13.8. The molecule has 18 heteroatoms. The van der Waals surface area contributed by atoms with Crippen LogP contribution in [0.1, 0.15) is 97.3 Å². The molecule has 0 spiro atoms. The van der Waals surface area contributed by atoms with E-state index in [1.165, 1.54) is 0 Å². The maximum Gasteiger partial charge on any atom is 0.326 e. The van der Waals surface area contributed by atoms with E-state index < -0.39 is 78.4 Å². The van der Waals surface area contributed by atoms with Crippen molar-refractivity contribution in [2.24, 2.45) is 34.6 Å². The highest BCUT2D eigenvalue weighted by atomic mass is 16.4. The van der Waals surface area contributed by atoms with Crippen molar-refractivity contribution in [3.05, 3.63) is 0 Å². The molecule has 0 radical (unpaired) electrons. The molecule has 0 aliphatic carbocycles. The summed E-state index contributed by atoms with van der Waals surface area (Å²) in [6.07, 6.45) is 5.29. The first kappa shape index (κ1) is 47.6. The normalized spacial score (nSPS) is 15.3. The molecule has 0 fully saturated rings. The largest absolute Gasteiger partial charge is 0.480 e. The van der Waals surface area contributed by atoms with Gasteiger partial charge in [-0.2, -0.15) is 0 Å². The number of hydrogen-bond acceptors (Lipinski definition) is 12. The molecule has 0 aliphatic rings. The maximum absolute atomic E-state index is 13.8. The Labute approximate surface area is 301 Å². The van der Waals surface area contributed by atoms with E-state index in [2.05, 4.69) is 26.6 Å². The van der Waals surface area contributed by atoms with Gasteiger partial charge in [0, 0.05) is 0 Å². The fourth-order valence-corrected chi connectivity index (χ4v) is 5.16. The van der Waals surface area contributed by atoms with Gasteiger partial charge in [-0.3, -0.25) is 24.0 Å². The third kappa shape index (κ3) is 19.7. The SMILES string of the molecule is CCC(C)C(NC(=O)C(N)CO)C(=O)NC(CCCCN)C(=O)NC(CCCCN)C(=O)NC(CCCCN)C(=O)NC(CCCCN)C(=O)O. The molecular weight excluding hydrogens is 664 g/mol. The second-order valence-corrected chi connectivity index (χ2v) is 12.9. The molecule has 7 atom stereocenters. The summed E-state index contributed by atoms with van der Waals surface area (Å²) in [7, 11) is 0. The summed E-state index contributed by atoms with van der Waals surface area (Å²) in [4.78, 5) is 78.6. The number of carbonyl (C=O) groups is 6. The first-order valence-electron chi connectivity index (χ1n) is 18.2. The van der Waals surface area contributed by atoms with Gasteiger partial charge in [0.05, 0.1) is 6.61 Å². The number of aliphatic hydroxyl groups is 1. The lowest BCUT2D eigenvalue weighted by Gasteiger charge is -2.29. The molecule has 7 unspecified atom stereocenters. The minimum Gasteiger partial charge on any atom is -0.480 e. The molecular formula is C33H66N10O8. The number of unbranched alkanes of at least 4 members (excludes halogenated alkanes) is 4. The summed E-state index contributed by atoms with van der Waals surface area (Å²) in [5.74, 6) is -4.95. The van der Waals surface area contributed by atoms with Crippen LogP contribution < -0.4 is 55.3 Å². The summed E-state index contributed by atoms with van der Waals surface area (Å²) in [5.41, 5.74) is 28.1. The van der Waals surface area contributed by atoms with E-state index in [-0.39, 0.29) is 31.6 Å². The fourth-order valence-electron chi connectivity index (χ4n) is 5.16. The van der Waals surface area contributed by atoms with Crippen LogP contribution in [-0.4, -0.2) is 115 Å². The van der Waals surface area contributed by atoms with Crippen LogP contribution in [0.5, 0.6) is 0 Å². The lowest BCUT2D eigenvalue weighted by molar-refractivity contribution is -0.142. The van der Waals surface area contributed by atoms with Crippen LogP contribution in [0.25, 0.3) is 0 Å². The number of carboxylic acids is 1. The number of aliphatic hydroxyl groups excluding tert-OH is 1. The second-order valence-electron chi connectivity index (χ2n) is 12.9. The average Bonchev–Trinajstić information content (AvgIpc) is 3.11. The standard InChI is InChI=1S/C33H66N10O8/c1-3-21(2)27(43-28(45)22(38)20-44)32(49)41-25(14-6-10-18-36)30(47)39-23(12-4-8-16-34)29(46)40-24(13-5-9-17-35)31(48)42-26(33(50)51)15-7-11-19-37/h21-27,44H,3-20,34-38H2,1-2H3,(H,39,47)(H,40,46)(H,41,49)(H,42,48)(H,43,45)(H,50,51). The van der Waals surface area contributed by atoms with Crippen molar-refractivity contribution >= 4 is 35.5 Å². The zero-order chi connectivity index (χ0) is 38.8. The van der Waals surface area contributed by atoms with Gasteiger partial charge in [0.25, 0.3) is 0 Å². The topological polar surface area (TPSA) is 333 Å². The Hall–Kier alpha value is -3.42. The quantitative estimate of drug-likeness (QED) is 0.0337. The van der Waals surface area contributed by atoms with Gasteiger partial charge in [-0.05, 0) is 109 Å². The van der Waals surface area contributed by atoms with Crippen LogP contribution in [-0.2, 0) is 28.8 Å². The fraction of sp³-hybridized carbons (Fsp3) is 0.818. The molecule has 0 bridgehead atoms. The lowest BCUT2D eigenvalue weighted by Crippen LogP contribution is -2.60. The summed E-state index contributed by atoms with van der Waals surface area (Å²) < 4.78 is 0. The van der Waals surface area contributed by atoms with Crippen LogP contribution in [0, 0.1) is 5.92 Å². The number of rotatable bonds is 30. The molecule has 0 aromatic carbocycles. The predicted molar refractivity (Wildman–Crippen MR) is 193 cm³/mol. The monoisotopic (exact) mass is 731 g/mol. The number of nitrogens with two attached hydrogens (primary N) is 5. The predicted octanol–water partition coefficient (Wildman–Crippen LogP) is -2.62. The molecule has 296 valence electrons. The number of carboxylic acid groups (broad SMARTS) is 1. The van der Waals surface area contributed by atoms with E-state index in [1.54, 1.807) is 6.92 Å². The number of aliphatic carboxylic acids is 1. The molecule has 0 saturated heterocycles. The molecule has 17 N–H and O–H groups in total. The Morgan fingerprint density at radius 2 is 0.863 bits per heavy atom. The molecule has 0 aliphatic heterocycles. The molecule has 5 amide bonds.